The zero-order valence-corrected chi connectivity index (χ0v) is 12.7. The summed E-state index contributed by atoms with van der Waals surface area (Å²) in [7, 11) is 0. The van der Waals surface area contributed by atoms with Gasteiger partial charge in [-0.1, -0.05) is 13.0 Å². The van der Waals surface area contributed by atoms with Crippen LogP contribution in [0.5, 0.6) is 0 Å². The highest BCUT2D eigenvalue weighted by atomic mass is 16.6. The summed E-state index contributed by atoms with van der Waals surface area (Å²) in [6.45, 7) is 4.40. The van der Waals surface area contributed by atoms with Crippen molar-refractivity contribution in [3.63, 3.8) is 0 Å². The highest BCUT2D eigenvalue weighted by molar-refractivity contribution is 6.01. The first-order chi connectivity index (χ1) is 10.6. The smallest absolute Gasteiger partial charge is 0.292 e. The number of anilines is 1. The van der Waals surface area contributed by atoms with Gasteiger partial charge in [0.15, 0.2) is 0 Å². The van der Waals surface area contributed by atoms with Gasteiger partial charge in [0.05, 0.1) is 10.5 Å². The third-order valence-corrected chi connectivity index (χ3v) is 3.99. The van der Waals surface area contributed by atoms with Crippen LogP contribution in [0.2, 0.25) is 0 Å². The monoisotopic (exact) mass is 306 g/mol. The fourth-order valence-corrected chi connectivity index (χ4v) is 2.86. The molecular formula is C15H22N4O3. The van der Waals surface area contributed by atoms with Crippen molar-refractivity contribution in [1.29, 1.82) is 0 Å². The average molecular weight is 306 g/mol. The summed E-state index contributed by atoms with van der Waals surface area (Å²) < 4.78 is 0. The van der Waals surface area contributed by atoms with Crippen LogP contribution in [0.1, 0.15) is 36.5 Å². The topological polar surface area (TPSA) is 102 Å². The van der Waals surface area contributed by atoms with Crippen molar-refractivity contribution in [2.24, 2.45) is 0 Å². The van der Waals surface area contributed by atoms with E-state index in [4.69, 9.17) is 5.73 Å². The molecule has 7 heteroatoms. The van der Waals surface area contributed by atoms with Gasteiger partial charge in [0.25, 0.3) is 11.6 Å². The zero-order valence-electron chi connectivity index (χ0n) is 12.7. The lowest BCUT2D eigenvalue weighted by molar-refractivity contribution is -0.383. The number of rotatable bonds is 5. The molecule has 0 spiro atoms. The largest absolute Gasteiger partial charge is 0.393 e. The van der Waals surface area contributed by atoms with E-state index in [2.05, 4.69) is 5.32 Å². The molecule has 0 saturated carbocycles. The number of nitrogens with two attached hydrogens (primary N) is 1. The molecule has 1 heterocycles. The number of nitrogens with zero attached hydrogens (tertiary/aromatic N) is 2. The van der Waals surface area contributed by atoms with Gasteiger partial charge in [-0.3, -0.25) is 14.9 Å². The number of nitrogens with one attached hydrogen (secondary N) is 1. The SMILES string of the molecule is CCCN(C(=O)c1cccc([N+](=O)[O-])c1N)C1CCNCC1. The third kappa shape index (κ3) is 3.36. The Hall–Kier alpha value is -2.15. The van der Waals surface area contributed by atoms with E-state index in [1.807, 2.05) is 11.8 Å². The molecule has 0 atom stereocenters. The number of para-hydroxylation sites is 1. The second kappa shape index (κ2) is 7.22. The minimum Gasteiger partial charge on any atom is -0.393 e. The van der Waals surface area contributed by atoms with Crippen LogP contribution >= 0.6 is 0 Å². The second-order valence-corrected chi connectivity index (χ2v) is 5.48. The minimum absolute atomic E-state index is 0.0486. The van der Waals surface area contributed by atoms with Crippen molar-refractivity contribution < 1.29 is 9.72 Å². The molecule has 1 aromatic rings. The highest BCUT2D eigenvalue weighted by Crippen LogP contribution is 2.27. The van der Waals surface area contributed by atoms with Crippen molar-refractivity contribution in [3.05, 3.63) is 33.9 Å². The maximum atomic E-state index is 12.8. The number of amides is 1. The summed E-state index contributed by atoms with van der Waals surface area (Å²) in [5.41, 5.74) is 5.81. The van der Waals surface area contributed by atoms with E-state index in [0.717, 1.165) is 32.4 Å². The van der Waals surface area contributed by atoms with Crippen LogP contribution in [0.3, 0.4) is 0 Å². The Morgan fingerprint density at radius 3 is 2.73 bits per heavy atom. The fourth-order valence-electron chi connectivity index (χ4n) is 2.86. The molecule has 7 nitrogen and oxygen atoms in total. The highest BCUT2D eigenvalue weighted by Gasteiger charge is 2.28. The van der Waals surface area contributed by atoms with E-state index in [0.29, 0.717) is 6.54 Å². The average Bonchev–Trinajstić information content (AvgIpc) is 2.52. The summed E-state index contributed by atoms with van der Waals surface area (Å²) in [5, 5.41) is 14.3. The van der Waals surface area contributed by atoms with Gasteiger partial charge in [-0.25, -0.2) is 0 Å². The van der Waals surface area contributed by atoms with Crippen molar-refractivity contribution in [2.45, 2.75) is 32.2 Å². The Labute approximate surface area is 129 Å². The molecule has 0 radical (unpaired) electrons. The quantitative estimate of drug-likeness (QED) is 0.490. The lowest BCUT2D eigenvalue weighted by atomic mass is 10.0. The summed E-state index contributed by atoms with van der Waals surface area (Å²) in [4.78, 5) is 25.1. The number of piperidine rings is 1. The van der Waals surface area contributed by atoms with Crippen molar-refractivity contribution in [1.82, 2.24) is 10.2 Å². The molecule has 1 aliphatic rings. The molecular weight excluding hydrogens is 284 g/mol. The molecule has 120 valence electrons. The van der Waals surface area contributed by atoms with Crippen molar-refractivity contribution in [2.75, 3.05) is 25.4 Å². The van der Waals surface area contributed by atoms with Crippen LogP contribution in [0.4, 0.5) is 11.4 Å². The molecule has 0 unspecified atom stereocenters. The first-order valence-corrected chi connectivity index (χ1v) is 7.60. The van der Waals surface area contributed by atoms with Crippen molar-refractivity contribution >= 4 is 17.3 Å². The van der Waals surface area contributed by atoms with Gasteiger partial charge in [-0.05, 0) is 38.4 Å². The van der Waals surface area contributed by atoms with Gasteiger partial charge in [-0.2, -0.15) is 0 Å². The molecule has 2 rings (SSSR count). The Morgan fingerprint density at radius 1 is 1.45 bits per heavy atom. The van der Waals surface area contributed by atoms with Gasteiger partial charge in [0.1, 0.15) is 5.69 Å². The van der Waals surface area contributed by atoms with Crippen LogP contribution in [-0.2, 0) is 0 Å². The number of nitrogen functional groups attached to an aromatic ring is 1. The van der Waals surface area contributed by atoms with E-state index in [-0.39, 0.29) is 28.9 Å². The number of carbonyl (C=O) groups is 1. The molecule has 1 aromatic carbocycles. The third-order valence-electron chi connectivity index (χ3n) is 3.99. The number of nitro benzene ring substituents is 1. The summed E-state index contributed by atoms with van der Waals surface area (Å²) >= 11 is 0. The predicted octanol–water partition coefficient (Wildman–Crippen LogP) is 1.78. The van der Waals surface area contributed by atoms with Gasteiger partial charge >= 0.3 is 0 Å². The number of carbonyl (C=O) groups excluding carboxylic acids is 1. The molecule has 0 aliphatic carbocycles. The number of hydrogen-bond donors (Lipinski definition) is 2. The van der Waals surface area contributed by atoms with Gasteiger partial charge < -0.3 is 16.0 Å². The zero-order chi connectivity index (χ0) is 16.1. The second-order valence-electron chi connectivity index (χ2n) is 5.48. The first-order valence-electron chi connectivity index (χ1n) is 7.60. The molecule has 0 aromatic heterocycles. The van der Waals surface area contributed by atoms with Crippen LogP contribution in [0.15, 0.2) is 18.2 Å². The molecule has 1 amide bonds. The first kappa shape index (κ1) is 16.2. The van der Waals surface area contributed by atoms with Gasteiger partial charge in [-0.15, -0.1) is 0 Å². The van der Waals surface area contributed by atoms with E-state index >= 15 is 0 Å². The number of benzene rings is 1. The summed E-state index contributed by atoms with van der Waals surface area (Å²) in [6.07, 6.45) is 2.62. The van der Waals surface area contributed by atoms with E-state index < -0.39 is 4.92 Å². The lowest BCUT2D eigenvalue weighted by Crippen LogP contribution is -2.46. The Bertz CT molecular complexity index is 556. The van der Waals surface area contributed by atoms with Crippen LogP contribution < -0.4 is 11.1 Å². The minimum atomic E-state index is -0.555. The maximum absolute atomic E-state index is 12.8. The maximum Gasteiger partial charge on any atom is 0.292 e. The molecule has 3 N–H and O–H groups in total. The van der Waals surface area contributed by atoms with Gasteiger partial charge in [0, 0.05) is 18.7 Å². The normalized spacial score (nSPS) is 15.5. The van der Waals surface area contributed by atoms with E-state index in [1.165, 1.54) is 12.1 Å². The summed E-state index contributed by atoms with van der Waals surface area (Å²) in [5.74, 6) is -0.213. The molecule has 1 fully saturated rings. The number of hydrogen-bond acceptors (Lipinski definition) is 5. The van der Waals surface area contributed by atoms with E-state index in [1.54, 1.807) is 6.07 Å². The van der Waals surface area contributed by atoms with Crippen LogP contribution in [0.25, 0.3) is 0 Å². The molecule has 1 aliphatic heterocycles. The predicted molar refractivity (Wildman–Crippen MR) is 84.7 cm³/mol. The fraction of sp³-hybridized carbons (Fsp3) is 0.533. The Kier molecular flexibility index (Phi) is 5.32. The van der Waals surface area contributed by atoms with Crippen molar-refractivity contribution in [3.8, 4) is 0 Å². The van der Waals surface area contributed by atoms with Crippen LogP contribution in [-0.4, -0.2) is 41.4 Å². The Balaban J connectivity index is 2.30. The molecule has 1 saturated heterocycles. The van der Waals surface area contributed by atoms with Gasteiger partial charge in [0.2, 0.25) is 0 Å². The number of nitro groups is 1. The van der Waals surface area contributed by atoms with E-state index in [9.17, 15) is 14.9 Å². The lowest BCUT2D eigenvalue weighted by Gasteiger charge is -2.34. The molecule has 22 heavy (non-hydrogen) atoms. The summed E-state index contributed by atoms with van der Waals surface area (Å²) in [6, 6.07) is 4.55. The van der Waals surface area contributed by atoms with Crippen LogP contribution in [0, 0.1) is 10.1 Å². The standard InChI is InChI=1S/C15H22N4O3/c1-2-10-18(11-6-8-17-9-7-11)15(20)12-4-3-5-13(14(12)16)19(21)22/h3-5,11,17H,2,6-10,16H2,1H3. The molecule has 0 bridgehead atoms. The Morgan fingerprint density at radius 2 is 2.14 bits per heavy atom.